The third kappa shape index (κ3) is 6.20. The van der Waals surface area contributed by atoms with Gasteiger partial charge in [-0.05, 0) is 60.0 Å². The molecule has 3 nitrogen and oxygen atoms in total. The summed E-state index contributed by atoms with van der Waals surface area (Å²) in [4.78, 5) is 0. The number of nitrogens with one attached hydrogen (secondary N) is 1. The standard InChI is InChI=1S/C23H22BrClFNO2/c1-28-22-12-18(14-27-10-9-17-6-2-3-8-21(17)26)20(24)13-23(22)29-15-16-5-4-7-19(25)11-16/h2-8,11-13,27H,9-10,14-15H2,1H3. The van der Waals surface area contributed by atoms with Crippen LogP contribution >= 0.6 is 27.5 Å². The summed E-state index contributed by atoms with van der Waals surface area (Å²) in [6.45, 7) is 1.69. The molecule has 1 N–H and O–H groups in total. The van der Waals surface area contributed by atoms with E-state index in [4.69, 9.17) is 21.1 Å². The van der Waals surface area contributed by atoms with Gasteiger partial charge < -0.3 is 14.8 Å². The summed E-state index contributed by atoms with van der Waals surface area (Å²) in [5.74, 6) is 1.13. The molecule has 0 heterocycles. The Kier molecular flexibility index (Phi) is 7.92. The first-order chi connectivity index (χ1) is 14.1. The van der Waals surface area contributed by atoms with Crippen LogP contribution in [0.1, 0.15) is 16.7 Å². The predicted octanol–water partition coefficient (Wildman–Crippen LogP) is 6.16. The molecule has 0 bridgehead atoms. The second-order valence-electron chi connectivity index (χ2n) is 6.53. The van der Waals surface area contributed by atoms with E-state index in [1.165, 1.54) is 6.07 Å². The van der Waals surface area contributed by atoms with Crippen LogP contribution in [0.5, 0.6) is 11.5 Å². The summed E-state index contributed by atoms with van der Waals surface area (Å²) in [6, 6.07) is 18.2. The van der Waals surface area contributed by atoms with Crippen LogP contribution in [0.15, 0.2) is 65.1 Å². The van der Waals surface area contributed by atoms with Crippen molar-refractivity contribution in [2.75, 3.05) is 13.7 Å². The van der Waals surface area contributed by atoms with E-state index in [2.05, 4.69) is 21.2 Å². The molecule has 152 valence electrons. The fraction of sp³-hybridized carbons (Fsp3) is 0.217. The number of hydrogen-bond acceptors (Lipinski definition) is 3. The lowest BCUT2D eigenvalue weighted by atomic mass is 10.1. The van der Waals surface area contributed by atoms with E-state index in [0.29, 0.717) is 48.2 Å². The maximum absolute atomic E-state index is 13.7. The maximum Gasteiger partial charge on any atom is 0.162 e. The topological polar surface area (TPSA) is 30.5 Å². The third-order valence-corrected chi connectivity index (χ3v) is 5.43. The van der Waals surface area contributed by atoms with Crippen molar-refractivity contribution in [3.63, 3.8) is 0 Å². The molecule has 0 saturated heterocycles. The zero-order chi connectivity index (χ0) is 20.6. The lowest BCUT2D eigenvalue weighted by Gasteiger charge is -2.15. The van der Waals surface area contributed by atoms with Crippen LogP contribution in [-0.4, -0.2) is 13.7 Å². The van der Waals surface area contributed by atoms with Gasteiger partial charge in [0.15, 0.2) is 11.5 Å². The molecule has 0 aliphatic rings. The van der Waals surface area contributed by atoms with Gasteiger partial charge in [0.25, 0.3) is 0 Å². The van der Waals surface area contributed by atoms with E-state index < -0.39 is 0 Å². The molecular formula is C23H22BrClFNO2. The molecule has 3 aromatic carbocycles. The summed E-state index contributed by atoms with van der Waals surface area (Å²) in [5, 5.41) is 4.02. The van der Waals surface area contributed by atoms with E-state index in [0.717, 1.165) is 15.6 Å². The number of benzene rings is 3. The SMILES string of the molecule is COc1cc(CNCCc2ccccc2F)c(Br)cc1OCc1cccc(Cl)c1. The van der Waals surface area contributed by atoms with E-state index in [1.54, 1.807) is 13.2 Å². The van der Waals surface area contributed by atoms with Crippen LogP contribution in [0.2, 0.25) is 5.02 Å². The highest BCUT2D eigenvalue weighted by atomic mass is 79.9. The third-order valence-electron chi connectivity index (χ3n) is 4.46. The number of halogens is 3. The van der Waals surface area contributed by atoms with Crippen molar-refractivity contribution in [1.29, 1.82) is 0 Å². The van der Waals surface area contributed by atoms with Gasteiger partial charge >= 0.3 is 0 Å². The Bertz CT molecular complexity index is 967. The highest BCUT2D eigenvalue weighted by Crippen LogP contribution is 2.34. The molecule has 0 atom stereocenters. The summed E-state index contributed by atoms with van der Waals surface area (Å²) in [7, 11) is 1.62. The second kappa shape index (κ2) is 10.6. The summed E-state index contributed by atoms with van der Waals surface area (Å²) < 4.78 is 26.0. The number of hydrogen-bond donors (Lipinski definition) is 1. The van der Waals surface area contributed by atoms with Gasteiger partial charge in [-0.1, -0.05) is 57.9 Å². The van der Waals surface area contributed by atoms with Crippen molar-refractivity contribution in [3.8, 4) is 11.5 Å². The quantitative estimate of drug-likeness (QED) is 0.374. The van der Waals surface area contributed by atoms with Crippen molar-refractivity contribution >= 4 is 27.5 Å². The normalized spacial score (nSPS) is 10.8. The lowest BCUT2D eigenvalue weighted by Crippen LogP contribution is -2.17. The van der Waals surface area contributed by atoms with Crippen LogP contribution in [0.3, 0.4) is 0 Å². The first kappa shape index (κ1) is 21.6. The molecule has 0 aromatic heterocycles. The molecule has 29 heavy (non-hydrogen) atoms. The summed E-state index contributed by atoms with van der Waals surface area (Å²) in [6.07, 6.45) is 0.627. The molecule has 0 unspecified atom stereocenters. The van der Waals surface area contributed by atoms with Gasteiger partial charge in [0, 0.05) is 16.0 Å². The van der Waals surface area contributed by atoms with E-state index in [9.17, 15) is 4.39 Å². The Morgan fingerprint density at radius 3 is 2.59 bits per heavy atom. The van der Waals surface area contributed by atoms with Crippen LogP contribution in [-0.2, 0) is 19.6 Å². The fourth-order valence-corrected chi connectivity index (χ4v) is 3.60. The second-order valence-corrected chi connectivity index (χ2v) is 7.82. The Labute approximate surface area is 183 Å². The average molecular weight is 479 g/mol. The molecular weight excluding hydrogens is 457 g/mol. The Hall–Kier alpha value is -2.08. The molecule has 0 amide bonds. The molecule has 3 rings (SSSR count). The number of rotatable bonds is 9. The van der Waals surface area contributed by atoms with Gasteiger partial charge in [-0.15, -0.1) is 0 Å². The van der Waals surface area contributed by atoms with Crippen molar-refractivity contribution in [2.45, 2.75) is 19.6 Å². The molecule has 0 saturated carbocycles. The molecule has 0 fully saturated rings. The molecule has 3 aromatic rings. The van der Waals surface area contributed by atoms with Gasteiger partial charge in [0.1, 0.15) is 12.4 Å². The highest BCUT2D eigenvalue weighted by Gasteiger charge is 2.11. The smallest absolute Gasteiger partial charge is 0.162 e. The van der Waals surface area contributed by atoms with Crippen LogP contribution in [0, 0.1) is 5.82 Å². The fourth-order valence-electron chi connectivity index (χ4n) is 2.92. The molecule has 0 radical (unpaired) electrons. The van der Waals surface area contributed by atoms with Gasteiger partial charge in [-0.3, -0.25) is 0 Å². The van der Waals surface area contributed by atoms with Gasteiger partial charge in [0.05, 0.1) is 7.11 Å². The van der Waals surface area contributed by atoms with E-state index >= 15 is 0 Å². The first-order valence-corrected chi connectivity index (χ1v) is 10.4. The minimum absolute atomic E-state index is 0.168. The van der Waals surface area contributed by atoms with Gasteiger partial charge in [0.2, 0.25) is 0 Å². The molecule has 0 spiro atoms. The minimum atomic E-state index is -0.168. The van der Waals surface area contributed by atoms with Crippen molar-refractivity contribution in [3.05, 3.63) is 92.7 Å². The summed E-state index contributed by atoms with van der Waals surface area (Å²) in [5.41, 5.74) is 2.72. The van der Waals surface area contributed by atoms with Crippen LogP contribution < -0.4 is 14.8 Å². The highest BCUT2D eigenvalue weighted by molar-refractivity contribution is 9.10. The molecule has 0 aliphatic heterocycles. The van der Waals surface area contributed by atoms with Gasteiger partial charge in [-0.25, -0.2) is 4.39 Å². The van der Waals surface area contributed by atoms with Crippen LogP contribution in [0.4, 0.5) is 4.39 Å². The van der Waals surface area contributed by atoms with Crippen LogP contribution in [0.25, 0.3) is 0 Å². The van der Waals surface area contributed by atoms with E-state index in [-0.39, 0.29) is 5.82 Å². The zero-order valence-corrected chi connectivity index (χ0v) is 18.4. The Morgan fingerprint density at radius 2 is 1.83 bits per heavy atom. The minimum Gasteiger partial charge on any atom is -0.493 e. The molecule has 0 aliphatic carbocycles. The Morgan fingerprint density at radius 1 is 1.00 bits per heavy atom. The van der Waals surface area contributed by atoms with Crippen molar-refractivity contribution in [1.82, 2.24) is 5.32 Å². The molecule has 6 heteroatoms. The lowest BCUT2D eigenvalue weighted by molar-refractivity contribution is 0.284. The predicted molar refractivity (Wildman–Crippen MR) is 118 cm³/mol. The van der Waals surface area contributed by atoms with Crippen molar-refractivity contribution in [2.24, 2.45) is 0 Å². The average Bonchev–Trinajstić information content (AvgIpc) is 2.72. The van der Waals surface area contributed by atoms with Gasteiger partial charge in [-0.2, -0.15) is 0 Å². The van der Waals surface area contributed by atoms with E-state index in [1.807, 2.05) is 48.5 Å². The van der Waals surface area contributed by atoms with Crippen molar-refractivity contribution < 1.29 is 13.9 Å². The maximum atomic E-state index is 13.7. The number of ether oxygens (including phenoxy) is 2. The number of methoxy groups -OCH3 is 1. The monoisotopic (exact) mass is 477 g/mol. The summed E-state index contributed by atoms with van der Waals surface area (Å²) >= 11 is 9.62. The Balaban J connectivity index is 1.59. The largest absolute Gasteiger partial charge is 0.493 e. The first-order valence-electron chi connectivity index (χ1n) is 9.24. The zero-order valence-electron chi connectivity index (χ0n) is 16.1.